The average Bonchev–Trinajstić information content (AvgIpc) is 2.84. The van der Waals surface area contributed by atoms with Gasteiger partial charge in [-0.3, -0.25) is 14.9 Å². The van der Waals surface area contributed by atoms with Crippen molar-refractivity contribution in [3.8, 4) is 28.7 Å². The van der Waals surface area contributed by atoms with Gasteiger partial charge in [0.05, 0.1) is 4.92 Å². The van der Waals surface area contributed by atoms with Gasteiger partial charge in [-0.1, -0.05) is 48.5 Å². The number of aryl methyl sites for hydroxylation is 1. The number of nitro groups is 1. The quantitative estimate of drug-likeness (QED) is 0.171. The minimum Gasteiger partial charge on any atom is -0.507 e. The number of ether oxygens (including phenoxy) is 2. The molecule has 170 valence electrons. The van der Waals surface area contributed by atoms with Gasteiger partial charge in [-0.25, -0.2) is 0 Å². The zero-order chi connectivity index (χ0) is 23.9. The molecule has 0 aromatic heterocycles. The molecule has 0 aliphatic rings. The summed E-state index contributed by atoms with van der Waals surface area (Å²) in [6.45, 7) is 0. The van der Waals surface area contributed by atoms with Crippen molar-refractivity contribution < 1.29 is 24.3 Å². The van der Waals surface area contributed by atoms with E-state index in [-0.39, 0.29) is 35.0 Å². The Labute approximate surface area is 196 Å². The van der Waals surface area contributed by atoms with E-state index in [1.807, 2.05) is 24.3 Å². The minimum absolute atomic E-state index is 0.0136. The van der Waals surface area contributed by atoms with E-state index in [0.29, 0.717) is 23.7 Å². The number of non-ortho nitro benzene ring substituents is 1. The first-order valence-electron chi connectivity index (χ1n) is 10.6. The molecule has 0 aliphatic heterocycles. The van der Waals surface area contributed by atoms with Crippen molar-refractivity contribution >= 4 is 11.5 Å². The van der Waals surface area contributed by atoms with Crippen LogP contribution in [0.15, 0.2) is 97.1 Å². The summed E-state index contributed by atoms with van der Waals surface area (Å²) in [5.74, 6) is 0.987. The molecule has 0 fully saturated rings. The smallest absolute Gasteiger partial charge is 0.269 e. The molecule has 0 spiro atoms. The van der Waals surface area contributed by atoms with Gasteiger partial charge in [-0.2, -0.15) is 0 Å². The largest absolute Gasteiger partial charge is 0.507 e. The van der Waals surface area contributed by atoms with Crippen molar-refractivity contribution in [2.75, 3.05) is 0 Å². The summed E-state index contributed by atoms with van der Waals surface area (Å²) in [5.41, 5.74) is 0.805. The Hall–Kier alpha value is -4.65. The van der Waals surface area contributed by atoms with Crippen LogP contribution >= 0.6 is 0 Å². The van der Waals surface area contributed by atoms with Gasteiger partial charge >= 0.3 is 0 Å². The standard InChI is InChI=1S/C27H21NO6/c29-24(16-13-19-11-14-20(15-12-19)28(31)32)27-25(30)17-23(33-21-7-3-1-4-8-21)18-26(27)34-22-9-5-2-6-10-22/h1-12,14-15,17-18,30H,13,16H2. The average molecular weight is 455 g/mol. The Kier molecular flexibility index (Phi) is 6.84. The molecule has 0 saturated carbocycles. The summed E-state index contributed by atoms with van der Waals surface area (Å²) in [5, 5.41) is 21.6. The number of carbonyl (C=O) groups excluding carboxylic acids is 1. The van der Waals surface area contributed by atoms with Crippen LogP contribution in [0, 0.1) is 10.1 Å². The highest BCUT2D eigenvalue weighted by molar-refractivity contribution is 6.01. The molecule has 7 nitrogen and oxygen atoms in total. The van der Waals surface area contributed by atoms with Gasteiger partial charge < -0.3 is 14.6 Å². The van der Waals surface area contributed by atoms with Gasteiger partial charge in [0, 0.05) is 30.7 Å². The third kappa shape index (κ3) is 5.58. The van der Waals surface area contributed by atoms with E-state index in [4.69, 9.17) is 9.47 Å². The highest BCUT2D eigenvalue weighted by atomic mass is 16.6. The lowest BCUT2D eigenvalue weighted by molar-refractivity contribution is -0.384. The predicted molar refractivity (Wildman–Crippen MR) is 127 cm³/mol. The fourth-order valence-electron chi connectivity index (χ4n) is 3.40. The highest BCUT2D eigenvalue weighted by Gasteiger charge is 2.21. The van der Waals surface area contributed by atoms with Crippen LogP contribution in [-0.4, -0.2) is 15.8 Å². The molecule has 7 heteroatoms. The topological polar surface area (TPSA) is 98.9 Å². The molecule has 0 amide bonds. The number of Topliss-reactive ketones (excluding diaryl/α,β-unsaturated/α-hetero) is 1. The van der Waals surface area contributed by atoms with Crippen molar-refractivity contribution in [1.82, 2.24) is 0 Å². The molecule has 4 aromatic carbocycles. The van der Waals surface area contributed by atoms with Gasteiger partial charge in [0.2, 0.25) is 0 Å². The number of aromatic hydroxyl groups is 1. The highest BCUT2D eigenvalue weighted by Crippen LogP contribution is 2.38. The SMILES string of the molecule is O=C(CCc1ccc([N+](=O)[O-])cc1)c1c(O)cc(Oc2ccccc2)cc1Oc1ccccc1. The molecule has 0 bridgehead atoms. The number of para-hydroxylation sites is 2. The van der Waals surface area contributed by atoms with Gasteiger partial charge in [-0.05, 0) is 36.2 Å². The lowest BCUT2D eigenvalue weighted by Gasteiger charge is -2.15. The third-order valence-electron chi connectivity index (χ3n) is 5.07. The molecular formula is C27H21NO6. The van der Waals surface area contributed by atoms with Crippen molar-refractivity contribution in [1.29, 1.82) is 0 Å². The van der Waals surface area contributed by atoms with Crippen molar-refractivity contribution in [2.24, 2.45) is 0 Å². The lowest BCUT2D eigenvalue weighted by atomic mass is 10.0. The second kappa shape index (κ2) is 10.3. The molecule has 4 aromatic rings. The summed E-state index contributed by atoms with van der Waals surface area (Å²) >= 11 is 0. The van der Waals surface area contributed by atoms with Crippen LogP contribution < -0.4 is 9.47 Å². The summed E-state index contributed by atoms with van der Waals surface area (Å²) < 4.78 is 11.8. The Bertz CT molecular complexity index is 1290. The molecule has 0 heterocycles. The lowest BCUT2D eigenvalue weighted by Crippen LogP contribution is -2.05. The number of carbonyl (C=O) groups is 1. The molecule has 0 unspecified atom stereocenters. The van der Waals surface area contributed by atoms with E-state index in [9.17, 15) is 20.0 Å². The van der Waals surface area contributed by atoms with Gasteiger partial charge in [0.25, 0.3) is 5.69 Å². The summed E-state index contributed by atoms with van der Waals surface area (Å²) in [7, 11) is 0. The van der Waals surface area contributed by atoms with Crippen LogP contribution in [0.25, 0.3) is 0 Å². The van der Waals surface area contributed by atoms with E-state index < -0.39 is 4.92 Å². The van der Waals surface area contributed by atoms with E-state index in [1.54, 1.807) is 54.6 Å². The first-order valence-corrected chi connectivity index (χ1v) is 10.6. The number of hydrogen-bond acceptors (Lipinski definition) is 6. The molecule has 0 saturated heterocycles. The Morgan fingerprint density at radius 3 is 1.97 bits per heavy atom. The molecule has 34 heavy (non-hydrogen) atoms. The second-order valence-electron chi connectivity index (χ2n) is 7.49. The number of hydrogen-bond donors (Lipinski definition) is 1. The fraction of sp³-hybridized carbons (Fsp3) is 0.0741. The number of nitro benzene ring substituents is 1. The summed E-state index contributed by atoms with van der Waals surface area (Å²) in [6.07, 6.45) is 0.429. The maximum absolute atomic E-state index is 13.1. The van der Waals surface area contributed by atoms with Gasteiger partial charge in [-0.15, -0.1) is 0 Å². The molecule has 0 aliphatic carbocycles. The zero-order valence-corrected chi connectivity index (χ0v) is 18.1. The van der Waals surface area contributed by atoms with E-state index in [2.05, 4.69) is 0 Å². The first-order chi connectivity index (χ1) is 16.5. The Morgan fingerprint density at radius 1 is 0.794 bits per heavy atom. The zero-order valence-electron chi connectivity index (χ0n) is 18.1. The number of benzene rings is 4. The molecule has 4 rings (SSSR count). The number of nitrogens with zero attached hydrogens (tertiary/aromatic N) is 1. The fourth-order valence-corrected chi connectivity index (χ4v) is 3.40. The van der Waals surface area contributed by atoms with Gasteiger partial charge in [0.1, 0.15) is 34.3 Å². The number of phenolic OH excluding ortho intramolecular Hbond substituents is 1. The van der Waals surface area contributed by atoms with Crippen LogP contribution in [0.4, 0.5) is 5.69 Å². The number of ketones is 1. The third-order valence-corrected chi connectivity index (χ3v) is 5.07. The maximum Gasteiger partial charge on any atom is 0.269 e. The van der Waals surface area contributed by atoms with Crippen molar-refractivity contribution in [2.45, 2.75) is 12.8 Å². The normalized spacial score (nSPS) is 10.5. The maximum atomic E-state index is 13.1. The Morgan fingerprint density at radius 2 is 1.38 bits per heavy atom. The van der Waals surface area contributed by atoms with Crippen LogP contribution in [0.5, 0.6) is 28.7 Å². The monoisotopic (exact) mass is 455 g/mol. The number of rotatable bonds is 9. The molecule has 0 atom stereocenters. The number of phenols is 1. The predicted octanol–water partition coefficient (Wildman–Crippen LogP) is 6.70. The van der Waals surface area contributed by atoms with Gasteiger partial charge in [0.15, 0.2) is 5.78 Å². The van der Waals surface area contributed by atoms with Crippen LogP contribution in [-0.2, 0) is 6.42 Å². The summed E-state index contributed by atoms with van der Waals surface area (Å²) in [4.78, 5) is 23.5. The van der Waals surface area contributed by atoms with E-state index >= 15 is 0 Å². The minimum atomic E-state index is -0.473. The van der Waals surface area contributed by atoms with Crippen LogP contribution in [0.1, 0.15) is 22.3 Å². The van der Waals surface area contributed by atoms with Crippen molar-refractivity contribution in [3.05, 3.63) is 118 Å². The molecular weight excluding hydrogens is 434 g/mol. The second-order valence-corrected chi connectivity index (χ2v) is 7.49. The van der Waals surface area contributed by atoms with Crippen LogP contribution in [0.2, 0.25) is 0 Å². The molecule has 1 N–H and O–H groups in total. The van der Waals surface area contributed by atoms with Crippen molar-refractivity contribution in [3.63, 3.8) is 0 Å². The van der Waals surface area contributed by atoms with E-state index in [1.165, 1.54) is 18.2 Å². The summed E-state index contributed by atoms with van der Waals surface area (Å²) in [6, 6.07) is 27.0. The first kappa shape index (κ1) is 22.5. The Balaban J connectivity index is 1.59. The van der Waals surface area contributed by atoms with Crippen LogP contribution in [0.3, 0.4) is 0 Å². The van der Waals surface area contributed by atoms with E-state index in [0.717, 1.165) is 5.56 Å². The molecule has 0 radical (unpaired) electrons.